The van der Waals surface area contributed by atoms with Crippen molar-refractivity contribution in [2.75, 3.05) is 42.7 Å². The van der Waals surface area contributed by atoms with E-state index in [-0.39, 0.29) is 28.7 Å². The lowest BCUT2D eigenvalue weighted by Gasteiger charge is -2.19. The molecule has 2 rings (SSSR count). The highest BCUT2D eigenvalue weighted by atomic mass is 35.5. The number of rotatable bonds is 6. The third-order valence-corrected chi connectivity index (χ3v) is 5.91. The minimum Gasteiger partial charge on any atom is -0.354 e. The van der Waals surface area contributed by atoms with E-state index in [1.54, 1.807) is 0 Å². The fraction of sp³-hybridized carbons (Fsp3) is 0.467. The van der Waals surface area contributed by atoms with Gasteiger partial charge in [-0.15, -0.1) is 0 Å². The largest absolute Gasteiger partial charge is 0.354 e. The van der Waals surface area contributed by atoms with Gasteiger partial charge in [-0.2, -0.15) is 0 Å². The maximum Gasteiger partial charge on any atom is 0.313 e. The molecule has 1 heterocycles. The molecule has 9 nitrogen and oxygen atoms in total. The van der Waals surface area contributed by atoms with E-state index in [0.717, 1.165) is 0 Å². The van der Waals surface area contributed by atoms with E-state index < -0.39 is 28.1 Å². The van der Waals surface area contributed by atoms with Gasteiger partial charge in [-0.25, -0.2) is 8.42 Å². The van der Waals surface area contributed by atoms with Crippen LogP contribution < -0.4 is 14.9 Å². The summed E-state index contributed by atoms with van der Waals surface area (Å²) in [5.74, 6) is -1.74. The van der Waals surface area contributed by atoms with Crippen LogP contribution in [0.5, 0.6) is 0 Å². The van der Waals surface area contributed by atoms with Crippen molar-refractivity contribution in [2.24, 2.45) is 0 Å². The average molecular weight is 406 g/mol. The molecule has 1 aliphatic heterocycles. The van der Waals surface area contributed by atoms with Gasteiger partial charge in [0.25, 0.3) is 0 Å². The molecule has 2 amide bonds. The Morgan fingerprint density at radius 2 is 1.96 bits per heavy atom. The molecule has 1 fully saturated rings. The van der Waals surface area contributed by atoms with Crippen molar-refractivity contribution in [1.82, 2.24) is 5.32 Å². The standard InChI is InChI=1S/C15H20ClN3O6S/c1-24-13(25-2)9-17-14(20)15(21)18-10-4-5-11(16)12(8-10)19-6-3-7-26(19,22)23/h4-5,8,13H,3,6-7,9H2,1-2H3,(H,17,20)(H,18,21). The van der Waals surface area contributed by atoms with Gasteiger partial charge in [0.2, 0.25) is 10.0 Å². The van der Waals surface area contributed by atoms with Gasteiger partial charge in [-0.05, 0) is 24.6 Å². The van der Waals surface area contributed by atoms with Gasteiger partial charge in [-0.3, -0.25) is 13.9 Å². The predicted octanol–water partition coefficient (Wildman–Crippen LogP) is 0.553. The van der Waals surface area contributed by atoms with Crippen LogP contribution in [0.15, 0.2) is 18.2 Å². The number of carbonyl (C=O) groups excluding carboxylic acids is 2. The molecule has 0 unspecified atom stereocenters. The van der Waals surface area contributed by atoms with Crippen LogP contribution in [-0.2, 0) is 29.1 Å². The molecular formula is C15H20ClN3O6S. The summed E-state index contributed by atoms with van der Waals surface area (Å²) in [4.78, 5) is 23.8. The molecule has 2 N–H and O–H groups in total. The van der Waals surface area contributed by atoms with E-state index in [1.165, 1.54) is 36.7 Å². The van der Waals surface area contributed by atoms with Gasteiger partial charge < -0.3 is 20.1 Å². The first-order valence-corrected chi connectivity index (χ1v) is 9.72. The quantitative estimate of drug-likeness (QED) is 0.527. The molecule has 1 aliphatic rings. The Balaban J connectivity index is 2.07. The zero-order valence-electron chi connectivity index (χ0n) is 14.3. The number of hydrogen-bond acceptors (Lipinski definition) is 6. The molecule has 0 atom stereocenters. The van der Waals surface area contributed by atoms with Crippen LogP contribution >= 0.6 is 11.6 Å². The summed E-state index contributed by atoms with van der Waals surface area (Å²) in [7, 11) is -0.609. The van der Waals surface area contributed by atoms with Crippen molar-refractivity contribution in [3.05, 3.63) is 23.2 Å². The summed E-state index contributed by atoms with van der Waals surface area (Å²) in [5.41, 5.74) is 0.517. The lowest BCUT2D eigenvalue weighted by molar-refractivity contribution is -0.139. The highest BCUT2D eigenvalue weighted by Crippen LogP contribution is 2.33. The molecule has 1 aromatic carbocycles. The molecular weight excluding hydrogens is 386 g/mol. The molecule has 0 saturated carbocycles. The molecule has 0 spiro atoms. The SMILES string of the molecule is COC(CNC(=O)C(=O)Nc1ccc(Cl)c(N2CCCS2(=O)=O)c1)OC. The van der Waals surface area contributed by atoms with Crippen LogP contribution in [0.3, 0.4) is 0 Å². The number of methoxy groups -OCH3 is 2. The Labute approximate surface area is 156 Å². The summed E-state index contributed by atoms with van der Waals surface area (Å²) in [6, 6.07) is 4.36. The fourth-order valence-electron chi connectivity index (χ4n) is 2.40. The first-order valence-electron chi connectivity index (χ1n) is 7.73. The van der Waals surface area contributed by atoms with Gasteiger partial charge in [0.1, 0.15) is 0 Å². The molecule has 0 bridgehead atoms. The van der Waals surface area contributed by atoms with Gasteiger partial charge in [0, 0.05) is 26.5 Å². The van der Waals surface area contributed by atoms with Crippen LogP contribution in [0.2, 0.25) is 5.02 Å². The van der Waals surface area contributed by atoms with Crippen molar-refractivity contribution in [1.29, 1.82) is 0 Å². The second kappa shape index (κ2) is 8.67. The van der Waals surface area contributed by atoms with Crippen LogP contribution in [0.25, 0.3) is 0 Å². The van der Waals surface area contributed by atoms with E-state index in [9.17, 15) is 18.0 Å². The second-order valence-corrected chi connectivity index (χ2v) is 7.89. The zero-order chi connectivity index (χ0) is 19.3. The van der Waals surface area contributed by atoms with Crippen LogP contribution in [0.1, 0.15) is 6.42 Å². The summed E-state index contributed by atoms with van der Waals surface area (Å²) >= 11 is 6.09. The molecule has 1 saturated heterocycles. The number of halogens is 1. The second-order valence-electron chi connectivity index (χ2n) is 5.47. The fourth-order valence-corrected chi connectivity index (χ4v) is 4.24. The minimum absolute atomic E-state index is 0.00283. The van der Waals surface area contributed by atoms with E-state index in [0.29, 0.717) is 13.0 Å². The molecule has 26 heavy (non-hydrogen) atoms. The Morgan fingerprint density at radius 1 is 1.27 bits per heavy atom. The van der Waals surface area contributed by atoms with Crippen molar-refractivity contribution in [2.45, 2.75) is 12.7 Å². The summed E-state index contributed by atoms with van der Waals surface area (Å²) in [6.45, 7) is 0.312. The monoisotopic (exact) mass is 405 g/mol. The van der Waals surface area contributed by atoms with E-state index >= 15 is 0 Å². The lowest BCUT2D eigenvalue weighted by atomic mass is 10.2. The number of nitrogens with zero attached hydrogens (tertiary/aromatic N) is 1. The minimum atomic E-state index is -3.42. The van der Waals surface area contributed by atoms with Gasteiger partial charge >= 0.3 is 11.8 Å². The van der Waals surface area contributed by atoms with Crippen molar-refractivity contribution in [3.63, 3.8) is 0 Å². The Kier molecular flexibility index (Phi) is 6.81. The Morgan fingerprint density at radius 3 is 2.54 bits per heavy atom. The highest BCUT2D eigenvalue weighted by Gasteiger charge is 2.30. The summed E-state index contributed by atoms with van der Waals surface area (Å²) in [6.07, 6.45) is -0.174. The number of nitrogens with one attached hydrogen (secondary N) is 2. The third kappa shape index (κ3) is 4.85. The van der Waals surface area contributed by atoms with Gasteiger partial charge in [0.05, 0.1) is 23.0 Å². The molecule has 11 heteroatoms. The molecule has 0 radical (unpaired) electrons. The Hall–Kier alpha value is -1.88. The number of hydrogen-bond donors (Lipinski definition) is 2. The van der Waals surface area contributed by atoms with Crippen molar-refractivity contribution >= 4 is 44.8 Å². The maximum absolute atomic E-state index is 12.1. The highest BCUT2D eigenvalue weighted by molar-refractivity contribution is 7.93. The molecule has 0 aromatic heterocycles. The van der Waals surface area contributed by atoms with Crippen LogP contribution in [0, 0.1) is 0 Å². The van der Waals surface area contributed by atoms with Crippen molar-refractivity contribution in [3.8, 4) is 0 Å². The lowest BCUT2D eigenvalue weighted by Crippen LogP contribution is -2.40. The van der Waals surface area contributed by atoms with Crippen molar-refractivity contribution < 1.29 is 27.5 Å². The number of amides is 2. The Bertz CT molecular complexity index is 782. The summed E-state index contributed by atoms with van der Waals surface area (Å²) in [5, 5.41) is 5.01. The van der Waals surface area contributed by atoms with Crippen LogP contribution in [-0.4, -0.2) is 59.6 Å². The number of anilines is 2. The number of benzene rings is 1. The number of sulfonamides is 1. The van der Waals surface area contributed by atoms with E-state index in [4.69, 9.17) is 21.1 Å². The molecule has 144 valence electrons. The molecule has 1 aromatic rings. The average Bonchev–Trinajstić information content (AvgIpc) is 2.96. The van der Waals surface area contributed by atoms with Gasteiger partial charge in [-0.1, -0.05) is 11.6 Å². The first kappa shape index (κ1) is 20.4. The first-order chi connectivity index (χ1) is 12.3. The normalized spacial score (nSPS) is 15.9. The predicted molar refractivity (Wildman–Crippen MR) is 96.6 cm³/mol. The van der Waals surface area contributed by atoms with Gasteiger partial charge in [0.15, 0.2) is 6.29 Å². The number of ether oxygens (including phenoxy) is 2. The zero-order valence-corrected chi connectivity index (χ0v) is 15.9. The van der Waals surface area contributed by atoms with E-state index in [1.807, 2.05) is 0 Å². The maximum atomic E-state index is 12.1. The third-order valence-electron chi connectivity index (χ3n) is 3.73. The van der Waals surface area contributed by atoms with E-state index in [2.05, 4.69) is 10.6 Å². The van der Waals surface area contributed by atoms with Crippen LogP contribution in [0.4, 0.5) is 11.4 Å². The molecule has 0 aliphatic carbocycles. The smallest absolute Gasteiger partial charge is 0.313 e. The topological polar surface area (TPSA) is 114 Å². The number of carbonyl (C=O) groups is 2. The summed E-state index contributed by atoms with van der Waals surface area (Å²) < 4.78 is 35.1.